The van der Waals surface area contributed by atoms with Crippen molar-refractivity contribution in [1.29, 1.82) is 0 Å². The molecule has 0 N–H and O–H groups in total. The number of hydrogen-bond donors (Lipinski definition) is 0. The van der Waals surface area contributed by atoms with Gasteiger partial charge in [-0.2, -0.15) is 0 Å². The van der Waals surface area contributed by atoms with E-state index in [9.17, 15) is 14.9 Å². The number of aromatic nitrogens is 1. The molecule has 116 valence electrons. The maximum Gasteiger partial charge on any atom is 0.287 e. The van der Waals surface area contributed by atoms with Gasteiger partial charge in [0.25, 0.3) is 11.6 Å². The Hall–Kier alpha value is -1.60. The molecular weight excluding hydrogens is 296 g/mol. The molecule has 1 aliphatic heterocycles. The summed E-state index contributed by atoms with van der Waals surface area (Å²) < 4.78 is 1.52. The molecular formula is C13H19ClN4O3. The maximum atomic E-state index is 12.5. The highest BCUT2D eigenvalue weighted by Gasteiger charge is 2.24. The lowest BCUT2D eigenvalue weighted by Gasteiger charge is -2.21. The highest BCUT2D eigenvalue weighted by molar-refractivity contribution is 6.18. The van der Waals surface area contributed by atoms with Crippen molar-refractivity contribution in [3.05, 3.63) is 28.1 Å². The average Bonchev–Trinajstić information content (AvgIpc) is 2.68. The lowest BCUT2D eigenvalue weighted by Crippen LogP contribution is -2.36. The highest BCUT2D eigenvalue weighted by atomic mass is 35.5. The van der Waals surface area contributed by atoms with Crippen molar-refractivity contribution in [2.45, 2.75) is 6.42 Å². The van der Waals surface area contributed by atoms with Gasteiger partial charge in [-0.25, -0.2) is 0 Å². The first-order valence-electron chi connectivity index (χ1n) is 6.91. The van der Waals surface area contributed by atoms with Crippen LogP contribution in [0.1, 0.15) is 16.9 Å². The molecule has 0 saturated carbocycles. The van der Waals surface area contributed by atoms with E-state index in [0.29, 0.717) is 24.7 Å². The minimum Gasteiger partial charge on any atom is -0.340 e. The van der Waals surface area contributed by atoms with Crippen LogP contribution in [-0.2, 0) is 7.05 Å². The quantitative estimate of drug-likeness (QED) is 0.477. The third kappa shape index (κ3) is 3.74. The van der Waals surface area contributed by atoms with Gasteiger partial charge in [0.1, 0.15) is 5.69 Å². The van der Waals surface area contributed by atoms with Crippen molar-refractivity contribution in [2.75, 3.05) is 38.6 Å². The minimum atomic E-state index is -0.485. The van der Waals surface area contributed by atoms with Crippen LogP contribution in [0.5, 0.6) is 0 Å². The number of aryl methyl sites for hydroxylation is 1. The van der Waals surface area contributed by atoms with Crippen LogP contribution in [0.15, 0.2) is 12.3 Å². The van der Waals surface area contributed by atoms with Crippen LogP contribution in [0.25, 0.3) is 0 Å². The van der Waals surface area contributed by atoms with E-state index < -0.39 is 4.92 Å². The van der Waals surface area contributed by atoms with Gasteiger partial charge in [-0.1, -0.05) is 0 Å². The summed E-state index contributed by atoms with van der Waals surface area (Å²) in [7, 11) is 1.65. The summed E-state index contributed by atoms with van der Waals surface area (Å²) in [5.41, 5.74) is 0.298. The molecule has 0 unspecified atom stereocenters. The summed E-state index contributed by atoms with van der Waals surface area (Å²) in [5, 5.41) is 10.8. The van der Waals surface area contributed by atoms with Gasteiger partial charge in [0.2, 0.25) is 0 Å². The van der Waals surface area contributed by atoms with Gasteiger partial charge in [-0.05, 0) is 13.0 Å². The van der Waals surface area contributed by atoms with E-state index in [2.05, 4.69) is 4.90 Å². The van der Waals surface area contributed by atoms with Crippen LogP contribution >= 0.6 is 11.6 Å². The van der Waals surface area contributed by atoms with E-state index in [1.54, 1.807) is 11.9 Å². The zero-order valence-corrected chi connectivity index (χ0v) is 12.8. The number of nitro groups is 1. The second-order valence-corrected chi connectivity index (χ2v) is 5.51. The van der Waals surface area contributed by atoms with Gasteiger partial charge in [0.05, 0.1) is 11.1 Å². The zero-order valence-electron chi connectivity index (χ0n) is 12.0. The molecule has 1 aromatic rings. The van der Waals surface area contributed by atoms with Gasteiger partial charge >= 0.3 is 0 Å². The van der Waals surface area contributed by atoms with Crippen LogP contribution in [0.4, 0.5) is 5.69 Å². The Morgan fingerprint density at radius 3 is 2.76 bits per heavy atom. The molecule has 1 fully saturated rings. The fourth-order valence-corrected chi connectivity index (χ4v) is 2.78. The number of carbonyl (C=O) groups excluding carboxylic acids is 1. The van der Waals surface area contributed by atoms with E-state index >= 15 is 0 Å². The Kier molecular flexibility index (Phi) is 5.19. The topological polar surface area (TPSA) is 71.6 Å². The molecule has 0 aliphatic carbocycles. The van der Waals surface area contributed by atoms with Gasteiger partial charge in [0.15, 0.2) is 0 Å². The molecule has 21 heavy (non-hydrogen) atoms. The monoisotopic (exact) mass is 314 g/mol. The Balaban J connectivity index is 2.07. The molecule has 1 aliphatic rings. The number of halogens is 1. The Labute approximate surface area is 128 Å². The molecule has 0 aromatic carbocycles. The smallest absolute Gasteiger partial charge is 0.287 e. The van der Waals surface area contributed by atoms with Crippen LogP contribution in [0, 0.1) is 10.1 Å². The van der Waals surface area contributed by atoms with Gasteiger partial charge in [0, 0.05) is 45.2 Å². The molecule has 0 atom stereocenters. The molecule has 0 spiro atoms. The molecule has 7 nitrogen and oxygen atoms in total. The third-order valence-corrected chi connectivity index (χ3v) is 3.87. The summed E-state index contributed by atoms with van der Waals surface area (Å²) in [6, 6.07) is 1.34. The van der Waals surface area contributed by atoms with Crippen molar-refractivity contribution in [1.82, 2.24) is 14.4 Å². The third-order valence-electron chi connectivity index (χ3n) is 3.70. The first kappa shape index (κ1) is 15.8. The van der Waals surface area contributed by atoms with Crippen molar-refractivity contribution in [3.8, 4) is 0 Å². The second-order valence-electron chi connectivity index (χ2n) is 5.13. The Morgan fingerprint density at radius 1 is 1.38 bits per heavy atom. The maximum absolute atomic E-state index is 12.5. The summed E-state index contributed by atoms with van der Waals surface area (Å²) in [4.78, 5) is 26.8. The fraction of sp³-hybridized carbons (Fsp3) is 0.615. The lowest BCUT2D eigenvalue weighted by atomic mass is 10.3. The van der Waals surface area contributed by atoms with Crippen LogP contribution < -0.4 is 0 Å². The number of alkyl halides is 1. The Morgan fingerprint density at radius 2 is 2.14 bits per heavy atom. The number of amides is 1. The van der Waals surface area contributed by atoms with E-state index in [0.717, 1.165) is 26.1 Å². The molecule has 2 rings (SSSR count). The van der Waals surface area contributed by atoms with Gasteiger partial charge in [-0.15, -0.1) is 11.6 Å². The molecule has 2 heterocycles. The average molecular weight is 315 g/mol. The number of rotatable bonds is 4. The van der Waals surface area contributed by atoms with E-state index in [-0.39, 0.29) is 11.6 Å². The fourth-order valence-electron chi connectivity index (χ4n) is 2.54. The largest absolute Gasteiger partial charge is 0.340 e. The SMILES string of the molecule is Cn1cc([N+](=O)[O-])cc1C(=O)N1CCCN(CCCl)CC1. The highest BCUT2D eigenvalue weighted by Crippen LogP contribution is 2.17. The first-order chi connectivity index (χ1) is 10.0. The van der Waals surface area contributed by atoms with Crippen LogP contribution in [0.2, 0.25) is 0 Å². The summed E-state index contributed by atoms with van der Waals surface area (Å²) >= 11 is 5.75. The Bertz CT molecular complexity index is 531. The normalized spacial score (nSPS) is 16.8. The molecule has 1 saturated heterocycles. The zero-order chi connectivity index (χ0) is 15.4. The molecule has 1 amide bonds. The van der Waals surface area contributed by atoms with E-state index in [4.69, 9.17) is 11.6 Å². The van der Waals surface area contributed by atoms with Crippen molar-refractivity contribution >= 4 is 23.2 Å². The van der Waals surface area contributed by atoms with E-state index in [1.165, 1.54) is 16.8 Å². The predicted octanol–water partition coefficient (Wildman–Crippen LogP) is 1.32. The van der Waals surface area contributed by atoms with Gasteiger partial charge in [-0.3, -0.25) is 14.9 Å². The molecule has 0 radical (unpaired) electrons. The van der Waals surface area contributed by atoms with Crippen LogP contribution in [-0.4, -0.2) is 63.8 Å². The number of carbonyl (C=O) groups is 1. The summed E-state index contributed by atoms with van der Waals surface area (Å²) in [6.45, 7) is 3.80. The van der Waals surface area contributed by atoms with Crippen LogP contribution in [0.3, 0.4) is 0 Å². The second kappa shape index (κ2) is 6.91. The van der Waals surface area contributed by atoms with Crippen molar-refractivity contribution < 1.29 is 9.72 Å². The van der Waals surface area contributed by atoms with Gasteiger partial charge < -0.3 is 14.4 Å². The lowest BCUT2D eigenvalue weighted by molar-refractivity contribution is -0.384. The number of nitrogens with zero attached hydrogens (tertiary/aromatic N) is 4. The molecule has 1 aromatic heterocycles. The van der Waals surface area contributed by atoms with Crippen molar-refractivity contribution in [3.63, 3.8) is 0 Å². The summed E-state index contributed by atoms with van der Waals surface area (Å²) in [6.07, 6.45) is 2.25. The van der Waals surface area contributed by atoms with Crippen molar-refractivity contribution in [2.24, 2.45) is 7.05 Å². The standard InChI is InChI=1S/C13H19ClN4O3/c1-15-10-11(18(20)21)9-12(15)13(19)17-5-2-4-16(6-3-14)7-8-17/h9-10H,2-8H2,1H3. The first-order valence-corrected chi connectivity index (χ1v) is 7.44. The summed E-state index contributed by atoms with van der Waals surface area (Å²) in [5.74, 6) is 0.427. The predicted molar refractivity (Wildman–Crippen MR) is 79.7 cm³/mol. The number of hydrogen-bond acceptors (Lipinski definition) is 4. The molecule has 8 heteroatoms. The van der Waals surface area contributed by atoms with E-state index in [1.807, 2.05) is 0 Å². The molecule has 0 bridgehead atoms. The minimum absolute atomic E-state index is 0.0561.